The molecule has 0 aliphatic carbocycles. The monoisotopic (exact) mass is 229 g/mol. The Morgan fingerprint density at radius 2 is 2.00 bits per heavy atom. The van der Waals surface area contributed by atoms with Crippen LogP contribution in [0.25, 0.3) is 0 Å². The van der Waals surface area contributed by atoms with E-state index in [2.05, 4.69) is 4.98 Å². The van der Waals surface area contributed by atoms with Crippen LogP contribution in [0.15, 0.2) is 6.20 Å². The molecule has 0 bridgehead atoms. The molecule has 0 spiro atoms. The quantitative estimate of drug-likeness (QED) is 0.791. The first-order valence-corrected chi connectivity index (χ1v) is 5.66. The highest BCUT2D eigenvalue weighted by atomic mass is 32.1. The molecular weight excluding hydrogens is 214 g/mol. The van der Waals surface area contributed by atoms with Gasteiger partial charge in [0.25, 0.3) is 0 Å². The van der Waals surface area contributed by atoms with Crippen LogP contribution in [0.1, 0.15) is 23.7 Å². The summed E-state index contributed by atoms with van der Waals surface area (Å²) in [5.41, 5.74) is -1.04. The summed E-state index contributed by atoms with van der Waals surface area (Å²) in [7, 11) is 0. The molecule has 4 nitrogen and oxygen atoms in total. The lowest BCUT2D eigenvalue weighted by molar-refractivity contribution is -0.304. The summed E-state index contributed by atoms with van der Waals surface area (Å²) < 4.78 is 10.9. The Labute approximate surface area is 92.9 Å². The molecule has 0 saturated carbocycles. The standard InChI is InChI=1S/C10H15NO3S/c1-7-11-4-8(15-7)10(12)5-13-9(2,3)14-6-10/h4,12H,5-6H2,1-3H3. The van der Waals surface area contributed by atoms with Crippen LogP contribution in [-0.2, 0) is 15.1 Å². The smallest absolute Gasteiger partial charge is 0.163 e. The molecule has 1 N–H and O–H groups in total. The summed E-state index contributed by atoms with van der Waals surface area (Å²) in [6.45, 7) is 6.09. The molecule has 1 aromatic heterocycles. The van der Waals surface area contributed by atoms with Crippen LogP contribution in [0.3, 0.4) is 0 Å². The van der Waals surface area contributed by atoms with Gasteiger partial charge in [0.15, 0.2) is 5.79 Å². The van der Waals surface area contributed by atoms with E-state index >= 15 is 0 Å². The van der Waals surface area contributed by atoms with E-state index in [-0.39, 0.29) is 13.2 Å². The van der Waals surface area contributed by atoms with Crippen molar-refractivity contribution in [1.29, 1.82) is 0 Å². The van der Waals surface area contributed by atoms with Gasteiger partial charge in [0, 0.05) is 6.20 Å². The van der Waals surface area contributed by atoms with Gasteiger partial charge >= 0.3 is 0 Å². The van der Waals surface area contributed by atoms with Crippen molar-refractivity contribution in [3.63, 3.8) is 0 Å². The Bertz CT molecular complexity index is 351. The molecule has 5 heteroatoms. The van der Waals surface area contributed by atoms with Crippen molar-refractivity contribution in [3.8, 4) is 0 Å². The molecule has 1 aliphatic rings. The van der Waals surface area contributed by atoms with Crippen molar-refractivity contribution in [1.82, 2.24) is 4.98 Å². The van der Waals surface area contributed by atoms with E-state index in [1.807, 2.05) is 20.8 Å². The fraction of sp³-hybridized carbons (Fsp3) is 0.700. The molecule has 84 valence electrons. The maximum atomic E-state index is 10.3. The first-order chi connectivity index (χ1) is 6.91. The Morgan fingerprint density at radius 3 is 2.47 bits per heavy atom. The van der Waals surface area contributed by atoms with Crippen molar-refractivity contribution in [2.24, 2.45) is 0 Å². The van der Waals surface area contributed by atoms with Crippen LogP contribution >= 0.6 is 11.3 Å². The average Bonchev–Trinajstić information content (AvgIpc) is 2.59. The number of aliphatic hydroxyl groups is 1. The maximum Gasteiger partial charge on any atom is 0.163 e. The number of nitrogens with zero attached hydrogens (tertiary/aromatic N) is 1. The van der Waals surface area contributed by atoms with Crippen molar-refractivity contribution >= 4 is 11.3 Å². The summed E-state index contributed by atoms with van der Waals surface area (Å²) in [5.74, 6) is -0.605. The number of hydrogen-bond donors (Lipinski definition) is 1. The normalized spacial score (nSPS) is 24.0. The molecule has 0 unspecified atom stereocenters. The van der Waals surface area contributed by atoms with Crippen molar-refractivity contribution in [3.05, 3.63) is 16.1 Å². The van der Waals surface area contributed by atoms with Gasteiger partial charge in [-0.2, -0.15) is 0 Å². The molecule has 1 saturated heterocycles. The van der Waals surface area contributed by atoms with Crippen LogP contribution < -0.4 is 0 Å². The number of thiazole rings is 1. The summed E-state index contributed by atoms with van der Waals surface area (Å²) in [5, 5.41) is 11.2. The van der Waals surface area contributed by atoms with Crippen LogP contribution in [0.4, 0.5) is 0 Å². The lowest BCUT2D eigenvalue weighted by atomic mass is 10.0. The van der Waals surface area contributed by atoms with Gasteiger partial charge in [-0.3, -0.25) is 0 Å². The third kappa shape index (κ3) is 2.20. The topological polar surface area (TPSA) is 51.6 Å². The maximum absolute atomic E-state index is 10.3. The van der Waals surface area contributed by atoms with Gasteiger partial charge in [0.05, 0.1) is 23.1 Å². The zero-order chi connectivity index (χ0) is 11.1. The van der Waals surface area contributed by atoms with E-state index in [1.54, 1.807) is 6.20 Å². The third-order valence-corrected chi connectivity index (χ3v) is 3.50. The van der Waals surface area contributed by atoms with Crippen LogP contribution in [-0.4, -0.2) is 29.1 Å². The average molecular weight is 229 g/mol. The van der Waals surface area contributed by atoms with Crippen molar-refractivity contribution in [2.75, 3.05) is 13.2 Å². The van der Waals surface area contributed by atoms with E-state index < -0.39 is 11.4 Å². The Hall–Kier alpha value is -0.490. The molecule has 0 aromatic carbocycles. The van der Waals surface area contributed by atoms with Crippen molar-refractivity contribution < 1.29 is 14.6 Å². The largest absolute Gasteiger partial charge is 0.379 e. The second-order valence-corrected chi connectivity index (χ2v) is 5.49. The Morgan fingerprint density at radius 1 is 1.40 bits per heavy atom. The van der Waals surface area contributed by atoms with Gasteiger partial charge in [-0.1, -0.05) is 0 Å². The number of aryl methyl sites for hydroxylation is 1. The minimum absolute atomic E-state index is 0.252. The first kappa shape index (κ1) is 11.0. The number of rotatable bonds is 1. The van der Waals surface area contributed by atoms with Gasteiger partial charge in [-0.05, 0) is 20.8 Å². The van der Waals surface area contributed by atoms with Gasteiger partial charge in [0.2, 0.25) is 0 Å². The highest BCUT2D eigenvalue weighted by molar-refractivity contribution is 7.11. The molecule has 1 aromatic rings. The zero-order valence-corrected chi connectivity index (χ0v) is 9.93. The first-order valence-electron chi connectivity index (χ1n) is 4.85. The van der Waals surface area contributed by atoms with Gasteiger partial charge < -0.3 is 14.6 Å². The van der Waals surface area contributed by atoms with E-state index in [9.17, 15) is 5.11 Å². The second kappa shape index (κ2) is 3.52. The molecule has 15 heavy (non-hydrogen) atoms. The molecule has 1 aliphatic heterocycles. The Balaban J connectivity index is 2.16. The lowest BCUT2D eigenvalue weighted by Gasteiger charge is -2.39. The molecule has 2 rings (SSSR count). The SMILES string of the molecule is Cc1ncc(C2(O)COC(C)(C)OC2)s1. The molecule has 0 atom stereocenters. The predicted octanol–water partition coefficient (Wildman–Crippen LogP) is 1.42. The molecular formula is C10H15NO3S. The molecule has 0 amide bonds. The Kier molecular flexibility index (Phi) is 2.58. The van der Waals surface area contributed by atoms with Crippen LogP contribution in [0.5, 0.6) is 0 Å². The minimum atomic E-state index is -1.04. The van der Waals surface area contributed by atoms with Crippen LogP contribution in [0, 0.1) is 6.92 Å². The minimum Gasteiger partial charge on any atom is -0.379 e. The number of ether oxygens (including phenoxy) is 2. The number of aromatic nitrogens is 1. The summed E-state index contributed by atoms with van der Waals surface area (Å²) in [4.78, 5) is 4.92. The third-order valence-electron chi connectivity index (χ3n) is 2.40. The fourth-order valence-corrected chi connectivity index (χ4v) is 2.23. The fourth-order valence-electron chi connectivity index (χ4n) is 1.39. The van der Waals surface area contributed by atoms with Gasteiger partial charge in [-0.15, -0.1) is 11.3 Å². The summed E-state index contributed by atoms with van der Waals surface area (Å²) in [6, 6.07) is 0. The second-order valence-electron chi connectivity index (χ2n) is 4.25. The molecule has 0 radical (unpaired) electrons. The van der Waals surface area contributed by atoms with Gasteiger partial charge in [-0.25, -0.2) is 4.98 Å². The summed E-state index contributed by atoms with van der Waals surface area (Å²) >= 11 is 1.47. The van der Waals surface area contributed by atoms with Crippen LogP contribution in [0.2, 0.25) is 0 Å². The highest BCUT2D eigenvalue weighted by Crippen LogP contribution is 2.33. The highest BCUT2D eigenvalue weighted by Gasteiger charge is 2.41. The predicted molar refractivity (Wildman–Crippen MR) is 56.7 cm³/mol. The summed E-state index contributed by atoms with van der Waals surface area (Å²) in [6.07, 6.45) is 1.69. The number of hydrogen-bond acceptors (Lipinski definition) is 5. The zero-order valence-electron chi connectivity index (χ0n) is 9.11. The van der Waals surface area contributed by atoms with Crippen molar-refractivity contribution in [2.45, 2.75) is 32.2 Å². The van der Waals surface area contributed by atoms with E-state index in [1.165, 1.54) is 11.3 Å². The lowest BCUT2D eigenvalue weighted by Crippen LogP contribution is -2.48. The van der Waals surface area contributed by atoms with Gasteiger partial charge in [0.1, 0.15) is 5.60 Å². The molecule has 1 fully saturated rings. The molecule has 2 heterocycles. The van der Waals surface area contributed by atoms with E-state index in [0.717, 1.165) is 9.88 Å². The van der Waals surface area contributed by atoms with E-state index in [0.29, 0.717) is 0 Å². The van der Waals surface area contributed by atoms with E-state index in [4.69, 9.17) is 9.47 Å².